The number of esters is 1. The molecular formula is C16H22N2O3. The van der Waals surface area contributed by atoms with Gasteiger partial charge in [-0.3, -0.25) is 14.6 Å². The number of anilines is 1. The number of nitrogens with zero attached hydrogens (tertiary/aromatic N) is 2. The van der Waals surface area contributed by atoms with E-state index in [9.17, 15) is 9.59 Å². The van der Waals surface area contributed by atoms with Crippen molar-refractivity contribution in [3.63, 3.8) is 0 Å². The third-order valence-corrected chi connectivity index (χ3v) is 3.76. The maximum absolute atomic E-state index is 11.8. The van der Waals surface area contributed by atoms with Gasteiger partial charge in [-0.15, -0.1) is 0 Å². The molecule has 1 saturated heterocycles. The number of ketones is 1. The smallest absolute Gasteiger partial charge is 0.310 e. The van der Waals surface area contributed by atoms with Crippen LogP contribution in [0.1, 0.15) is 43.6 Å². The largest absolute Gasteiger partial charge is 0.466 e. The molecule has 1 atom stereocenters. The van der Waals surface area contributed by atoms with Crippen LogP contribution in [0.5, 0.6) is 0 Å². The molecule has 5 heteroatoms. The highest BCUT2D eigenvalue weighted by atomic mass is 16.5. The van der Waals surface area contributed by atoms with Gasteiger partial charge in [0.05, 0.1) is 24.4 Å². The molecule has 0 saturated carbocycles. The Morgan fingerprint density at radius 3 is 2.81 bits per heavy atom. The predicted molar refractivity (Wildman–Crippen MR) is 80.4 cm³/mol. The zero-order valence-electron chi connectivity index (χ0n) is 12.7. The van der Waals surface area contributed by atoms with Crippen LogP contribution in [0, 0.1) is 5.92 Å². The molecule has 114 valence electrons. The lowest BCUT2D eigenvalue weighted by molar-refractivity contribution is -0.148. The summed E-state index contributed by atoms with van der Waals surface area (Å²) in [7, 11) is 0. The summed E-state index contributed by atoms with van der Waals surface area (Å²) in [6.45, 7) is 5.63. The van der Waals surface area contributed by atoms with Crippen LogP contribution in [0.2, 0.25) is 0 Å². The number of Topliss-reactive ketones (excluding diaryl/α,β-unsaturated/α-hetero) is 1. The molecule has 1 aromatic heterocycles. The lowest BCUT2D eigenvalue weighted by Crippen LogP contribution is -2.39. The van der Waals surface area contributed by atoms with E-state index in [0.717, 1.165) is 25.1 Å². The Kier molecular flexibility index (Phi) is 5.31. The van der Waals surface area contributed by atoms with Crippen LogP contribution in [0.4, 0.5) is 5.69 Å². The zero-order valence-corrected chi connectivity index (χ0v) is 12.7. The molecule has 0 bridgehead atoms. The summed E-state index contributed by atoms with van der Waals surface area (Å²) in [6.07, 6.45) is 4.01. The van der Waals surface area contributed by atoms with Gasteiger partial charge in [0.1, 0.15) is 5.69 Å². The summed E-state index contributed by atoms with van der Waals surface area (Å²) >= 11 is 0. The van der Waals surface area contributed by atoms with Crippen LogP contribution in [-0.2, 0) is 9.53 Å². The number of rotatable bonds is 5. The molecule has 5 nitrogen and oxygen atoms in total. The molecule has 0 aliphatic carbocycles. The summed E-state index contributed by atoms with van der Waals surface area (Å²) in [5.74, 6) is -0.145. The standard InChI is InChI=1S/C16H22N2O3/c1-3-15(19)14-8-7-13(10-17-14)18-9-5-6-12(11-18)16(20)21-4-2/h7-8,10,12H,3-6,9,11H2,1-2H3. The number of carbonyl (C=O) groups excluding carboxylic acids is 2. The van der Waals surface area contributed by atoms with Gasteiger partial charge >= 0.3 is 5.97 Å². The summed E-state index contributed by atoms with van der Waals surface area (Å²) in [5, 5.41) is 0. The maximum Gasteiger partial charge on any atom is 0.310 e. The van der Waals surface area contributed by atoms with Gasteiger partial charge in [0, 0.05) is 19.5 Å². The van der Waals surface area contributed by atoms with Crippen molar-refractivity contribution in [3.05, 3.63) is 24.0 Å². The topological polar surface area (TPSA) is 59.5 Å². The van der Waals surface area contributed by atoms with E-state index in [0.29, 0.717) is 25.3 Å². The number of aromatic nitrogens is 1. The van der Waals surface area contributed by atoms with Gasteiger partial charge in [-0.1, -0.05) is 6.92 Å². The second-order valence-electron chi connectivity index (χ2n) is 5.22. The van der Waals surface area contributed by atoms with Gasteiger partial charge in [0.25, 0.3) is 0 Å². The van der Waals surface area contributed by atoms with Crippen molar-refractivity contribution < 1.29 is 14.3 Å². The van der Waals surface area contributed by atoms with Crippen LogP contribution >= 0.6 is 0 Å². The van der Waals surface area contributed by atoms with Gasteiger partial charge in [-0.05, 0) is 31.9 Å². The van der Waals surface area contributed by atoms with Crippen molar-refractivity contribution in [2.45, 2.75) is 33.1 Å². The number of ether oxygens (including phenoxy) is 1. The van der Waals surface area contributed by atoms with E-state index in [1.807, 2.05) is 19.9 Å². The Labute approximate surface area is 125 Å². The summed E-state index contributed by atoms with van der Waals surface area (Å²) in [6, 6.07) is 3.67. The maximum atomic E-state index is 11.8. The highest BCUT2D eigenvalue weighted by molar-refractivity contribution is 5.94. The summed E-state index contributed by atoms with van der Waals surface area (Å²) in [5.41, 5.74) is 1.46. The van der Waals surface area contributed by atoms with Crippen molar-refractivity contribution in [3.8, 4) is 0 Å². The molecule has 0 N–H and O–H groups in total. The normalized spacial score (nSPS) is 18.4. The van der Waals surface area contributed by atoms with Crippen LogP contribution in [0.25, 0.3) is 0 Å². The van der Waals surface area contributed by atoms with Gasteiger partial charge in [0.2, 0.25) is 0 Å². The van der Waals surface area contributed by atoms with Crippen molar-refractivity contribution >= 4 is 17.4 Å². The highest BCUT2D eigenvalue weighted by Crippen LogP contribution is 2.23. The van der Waals surface area contributed by atoms with E-state index >= 15 is 0 Å². The van der Waals surface area contributed by atoms with E-state index in [2.05, 4.69) is 9.88 Å². The van der Waals surface area contributed by atoms with Gasteiger partial charge in [-0.2, -0.15) is 0 Å². The van der Waals surface area contributed by atoms with E-state index in [4.69, 9.17) is 4.74 Å². The lowest BCUT2D eigenvalue weighted by Gasteiger charge is -2.33. The lowest BCUT2D eigenvalue weighted by atomic mass is 9.98. The SMILES string of the molecule is CCOC(=O)C1CCCN(c2ccc(C(=O)CC)nc2)C1. The molecule has 2 rings (SSSR count). The Bertz CT molecular complexity index is 499. The monoisotopic (exact) mass is 290 g/mol. The second kappa shape index (κ2) is 7.20. The first-order valence-corrected chi connectivity index (χ1v) is 7.56. The molecule has 1 aliphatic heterocycles. The number of hydrogen-bond donors (Lipinski definition) is 0. The Morgan fingerprint density at radius 1 is 1.38 bits per heavy atom. The molecule has 1 aliphatic rings. The van der Waals surface area contributed by atoms with Crippen molar-refractivity contribution in [1.29, 1.82) is 0 Å². The number of piperidine rings is 1. The fraction of sp³-hybridized carbons (Fsp3) is 0.562. The minimum absolute atomic E-state index is 0.0459. The van der Waals surface area contributed by atoms with E-state index in [1.54, 1.807) is 12.3 Å². The number of pyridine rings is 1. The molecule has 0 radical (unpaired) electrons. The second-order valence-corrected chi connectivity index (χ2v) is 5.22. The molecule has 0 spiro atoms. The van der Waals surface area contributed by atoms with Crippen molar-refractivity contribution in [1.82, 2.24) is 4.98 Å². The minimum Gasteiger partial charge on any atom is -0.466 e. The molecular weight excluding hydrogens is 268 g/mol. The Morgan fingerprint density at radius 2 is 2.19 bits per heavy atom. The first kappa shape index (κ1) is 15.5. The fourth-order valence-corrected chi connectivity index (χ4v) is 2.58. The predicted octanol–water partition coefficient (Wildman–Crippen LogP) is 2.45. The molecule has 1 unspecified atom stereocenters. The third-order valence-electron chi connectivity index (χ3n) is 3.76. The van der Waals surface area contributed by atoms with Crippen molar-refractivity contribution in [2.75, 3.05) is 24.6 Å². The van der Waals surface area contributed by atoms with Crippen LogP contribution < -0.4 is 4.90 Å². The first-order chi connectivity index (χ1) is 10.2. The van der Waals surface area contributed by atoms with Gasteiger partial charge in [0.15, 0.2) is 5.78 Å². The fourth-order valence-electron chi connectivity index (χ4n) is 2.58. The number of hydrogen-bond acceptors (Lipinski definition) is 5. The average Bonchev–Trinajstić information content (AvgIpc) is 2.54. The van der Waals surface area contributed by atoms with E-state index < -0.39 is 0 Å². The Hall–Kier alpha value is -1.91. The highest BCUT2D eigenvalue weighted by Gasteiger charge is 2.27. The van der Waals surface area contributed by atoms with E-state index in [1.165, 1.54) is 0 Å². The van der Waals surface area contributed by atoms with Crippen LogP contribution in [0.3, 0.4) is 0 Å². The zero-order chi connectivity index (χ0) is 15.2. The molecule has 21 heavy (non-hydrogen) atoms. The summed E-state index contributed by atoms with van der Waals surface area (Å²) < 4.78 is 5.10. The minimum atomic E-state index is -0.118. The van der Waals surface area contributed by atoms with Gasteiger partial charge < -0.3 is 9.64 Å². The average molecular weight is 290 g/mol. The van der Waals surface area contributed by atoms with Crippen molar-refractivity contribution in [2.24, 2.45) is 5.92 Å². The third kappa shape index (κ3) is 3.80. The molecule has 1 aromatic rings. The summed E-state index contributed by atoms with van der Waals surface area (Å²) in [4.78, 5) is 29.8. The first-order valence-electron chi connectivity index (χ1n) is 7.56. The van der Waals surface area contributed by atoms with E-state index in [-0.39, 0.29) is 17.7 Å². The van der Waals surface area contributed by atoms with Crippen LogP contribution in [0.15, 0.2) is 18.3 Å². The number of carbonyl (C=O) groups is 2. The Balaban J connectivity index is 2.04. The quantitative estimate of drug-likeness (QED) is 0.616. The molecule has 1 fully saturated rings. The molecule has 2 heterocycles. The molecule has 0 aromatic carbocycles. The van der Waals surface area contributed by atoms with Gasteiger partial charge in [-0.25, -0.2) is 0 Å². The van der Waals surface area contributed by atoms with Crippen LogP contribution in [-0.4, -0.2) is 36.4 Å². The molecule has 0 amide bonds.